The van der Waals surface area contributed by atoms with Crippen LogP contribution in [-0.2, 0) is 16.1 Å². The molecule has 0 spiro atoms. The number of nitrogens with two attached hydrogens (primary N) is 1. The van der Waals surface area contributed by atoms with Crippen LogP contribution in [0.15, 0.2) is 24.3 Å². The summed E-state index contributed by atoms with van der Waals surface area (Å²) >= 11 is 0. The number of esters is 1. The summed E-state index contributed by atoms with van der Waals surface area (Å²) in [7, 11) is 0. The van der Waals surface area contributed by atoms with E-state index in [4.69, 9.17) is 10.5 Å². The number of benzene rings is 1. The van der Waals surface area contributed by atoms with Crippen LogP contribution in [0.25, 0.3) is 0 Å². The Morgan fingerprint density at radius 3 is 2.61 bits per heavy atom. The second kappa shape index (κ2) is 5.87. The van der Waals surface area contributed by atoms with E-state index < -0.39 is 0 Å². The average molecular weight is 248 g/mol. The van der Waals surface area contributed by atoms with Crippen LogP contribution < -0.4 is 5.73 Å². The standard InChI is InChI=1S/C14H20N2O2/c1-2-18-14(17)10-16(13-7-8-13)9-11-3-5-12(15)6-4-11/h3-6,13H,2,7-10,15H2,1H3. The van der Waals surface area contributed by atoms with Crippen LogP contribution in [0.3, 0.4) is 0 Å². The van der Waals surface area contributed by atoms with Crippen molar-refractivity contribution < 1.29 is 9.53 Å². The zero-order valence-electron chi connectivity index (χ0n) is 10.8. The molecule has 1 saturated carbocycles. The van der Waals surface area contributed by atoms with E-state index >= 15 is 0 Å². The smallest absolute Gasteiger partial charge is 0.320 e. The molecule has 2 N–H and O–H groups in total. The molecule has 0 aliphatic heterocycles. The van der Waals surface area contributed by atoms with E-state index in [1.165, 1.54) is 18.4 Å². The van der Waals surface area contributed by atoms with E-state index in [0.29, 0.717) is 19.2 Å². The lowest BCUT2D eigenvalue weighted by Gasteiger charge is -2.20. The molecule has 1 aliphatic carbocycles. The Kier molecular flexibility index (Phi) is 4.20. The largest absolute Gasteiger partial charge is 0.465 e. The minimum absolute atomic E-state index is 0.139. The molecule has 2 rings (SSSR count). The predicted octanol–water partition coefficient (Wildman–Crippen LogP) is 1.80. The van der Waals surface area contributed by atoms with Gasteiger partial charge in [-0.2, -0.15) is 0 Å². The number of carbonyl (C=O) groups excluding carboxylic acids is 1. The van der Waals surface area contributed by atoms with Crippen molar-refractivity contribution in [1.82, 2.24) is 4.90 Å². The fourth-order valence-corrected chi connectivity index (χ4v) is 1.98. The summed E-state index contributed by atoms with van der Waals surface area (Å²) in [5.74, 6) is -0.139. The number of hydrogen-bond acceptors (Lipinski definition) is 4. The Hall–Kier alpha value is -1.55. The molecule has 0 heterocycles. The third-order valence-electron chi connectivity index (χ3n) is 3.07. The summed E-state index contributed by atoms with van der Waals surface area (Å²) in [5.41, 5.74) is 7.61. The van der Waals surface area contributed by atoms with Crippen molar-refractivity contribution >= 4 is 11.7 Å². The summed E-state index contributed by atoms with van der Waals surface area (Å²) < 4.78 is 5.01. The molecule has 0 radical (unpaired) electrons. The number of carbonyl (C=O) groups is 1. The fraction of sp³-hybridized carbons (Fsp3) is 0.500. The molecule has 0 amide bonds. The predicted molar refractivity (Wildman–Crippen MR) is 70.9 cm³/mol. The zero-order chi connectivity index (χ0) is 13.0. The van der Waals surface area contributed by atoms with Gasteiger partial charge >= 0.3 is 5.97 Å². The molecular weight excluding hydrogens is 228 g/mol. The molecule has 0 atom stereocenters. The van der Waals surface area contributed by atoms with Gasteiger partial charge in [0.2, 0.25) is 0 Å². The van der Waals surface area contributed by atoms with Gasteiger partial charge in [-0.1, -0.05) is 12.1 Å². The molecule has 18 heavy (non-hydrogen) atoms. The summed E-state index contributed by atoms with van der Waals surface area (Å²) in [4.78, 5) is 13.7. The van der Waals surface area contributed by atoms with E-state index in [0.717, 1.165) is 12.2 Å². The minimum atomic E-state index is -0.139. The molecule has 1 aromatic rings. The van der Waals surface area contributed by atoms with Gasteiger partial charge in [-0.05, 0) is 37.5 Å². The zero-order valence-corrected chi connectivity index (χ0v) is 10.8. The van der Waals surface area contributed by atoms with Gasteiger partial charge in [-0.3, -0.25) is 9.69 Å². The van der Waals surface area contributed by atoms with E-state index in [2.05, 4.69) is 4.90 Å². The number of hydrogen-bond donors (Lipinski definition) is 1. The highest BCUT2D eigenvalue weighted by molar-refractivity contribution is 5.71. The van der Waals surface area contributed by atoms with E-state index in [1.807, 2.05) is 31.2 Å². The van der Waals surface area contributed by atoms with Gasteiger partial charge in [0.15, 0.2) is 0 Å². The van der Waals surface area contributed by atoms with Crippen molar-refractivity contribution in [2.45, 2.75) is 32.4 Å². The molecule has 1 aliphatic rings. The van der Waals surface area contributed by atoms with Gasteiger partial charge in [-0.25, -0.2) is 0 Å². The van der Waals surface area contributed by atoms with Crippen molar-refractivity contribution in [3.8, 4) is 0 Å². The first-order chi connectivity index (χ1) is 8.69. The molecule has 0 unspecified atom stereocenters. The van der Waals surface area contributed by atoms with Crippen molar-refractivity contribution in [1.29, 1.82) is 0 Å². The lowest BCUT2D eigenvalue weighted by atomic mass is 10.2. The molecule has 0 aromatic heterocycles. The maximum absolute atomic E-state index is 11.5. The minimum Gasteiger partial charge on any atom is -0.465 e. The van der Waals surface area contributed by atoms with Crippen LogP contribution in [-0.4, -0.2) is 30.1 Å². The topological polar surface area (TPSA) is 55.6 Å². The molecular formula is C14H20N2O2. The van der Waals surface area contributed by atoms with Crippen molar-refractivity contribution in [2.24, 2.45) is 0 Å². The van der Waals surface area contributed by atoms with E-state index in [9.17, 15) is 4.79 Å². The SMILES string of the molecule is CCOC(=O)CN(Cc1ccc(N)cc1)C1CC1. The monoisotopic (exact) mass is 248 g/mol. The highest BCUT2D eigenvalue weighted by atomic mass is 16.5. The molecule has 98 valence electrons. The van der Waals surface area contributed by atoms with Crippen molar-refractivity contribution in [3.05, 3.63) is 29.8 Å². The number of rotatable bonds is 6. The normalized spacial score (nSPS) is 14.8. The molecule has 1 fully saturated rings. The second-order valence-corrected chi connectivity index (χ2v) is 4.68. The van der Waals surface area contributed by atoms with Gasteiger partial charge in [-0.15, -0.1) is 0 Å². The Labute approximate surface area is 108 Å². The van der Waals surface area contributed by atoms with Gasteiger partial charge in [0.05, 0.1) is 13.2 Å². The number of nitrogens with zero attached hydrogens (tertiary/aromatic N) is 1. The highest BCUT2D eigenvalue weighted by Gasteiger charge is 2.30. The maximum Gasteiger partial charge on any atom is 0.320 e. The highest BCUT2D eigenvalue weighted by Crippen LogP contribution is 2.28. The quantitative estimate of drug-likeness (QED) is 0.616. The van der Waals surface area contributed by atoms with Gasteiger partial charge in [0, 0.05) is 18.3 Å². The van der Waals surface area contributed by atoms with E-state index in [-0.39, 0.29) is 5.97 Å². The summed E-state index contributed by atoms with van der Waals surface area (Å²) in [6.07, 6.45) is 2.35. The van der Waals surface area contributed by atoms with E-state index in [1.54, 1.807) is 0 Å². The van der Waals surface area contributed by atoms with Crippen LogP contribution in [0.4, 0.5) is 5.69 Å². The van der Waals surface area contributed by atoms with Gasteiger partial charge in [0.25, 0.3) is 0 Å². The summed E-state index contributed by atoms with van der Waals surface area (Å²) in [6, 6.07) is 8.34. The first kappa shape index (κ1) is 12.9. The molecule has 0 bridgehead atoms. The van der Waals surface area contributed by atoms with Crippen LogP contribution in [0.5, 0.6) is 0 Å². The van der Waals surface area contributed by atoms with Gasteiger partial charge < -0.3 is 10.5 Å². The Morgan fingerprint density at radius 1 is 1.39 bits per heavy atom. The van der Waals surface area contributed by atoms with Crippen LogP contribution in [0, 0.1) is 0 Å². The lowest BCUT2D eigenvalue weighted by molar-refractivity contribution is -0.144. The fourth-order valence-electron chi connectivity index (χ4n) is 1.98. The number of ether oxygens (including phenoxy) is 1. The van der Waals surface area contributed by atoms with Gasteiger partial charge in [0.1, 0.15) is 0 Å². The molecule has 4 nitrogen and oxygen atoms in total. The Morgan fingerprint density at radius 2 is 2.06 bits per heavy atom. The Bertz CT molecular complexity index is 399. The third kappa shape index (κ3) is 3.74. The summed E-state index contributed by atoms with van der Waals surface area (Å²) in [5, 5.41) is 0. The summed E-state index contributed by atoms with van der Waals surface area (Å²) in [6.45, 7) is 3.44. The number of anilines is 1. The Balaban J connectivity index is 1.93. The lowest BCUT2D eigenvalue weighted by Crippen LogP contribution is -2.32. The third-order valence-corrected chi connectivity index (χ3v) is 3.07. The van der Waals surface area contributed by atoms with Crippen LogP contribution in [0.1, 0.15) is 25.3 Å². The maximum atomic E-state index is 11.5. The molecule has 1 aromatic carbocycles. The first-order valence-electron chi connectivity index (χ1n) is 6.43. The molecule has 0 saturated heterocycles. The average Bonchev–Trinajstić information content (AvgIpc) is 3.15. The molecule has 4 heteroatoms. The van der Waals surface area contributed by atoms with Crippen LogP contribution in [0.2, 0.25) is 0 Å². The first-order valence-corrected chi connectivity index (χ1v) is 6.43. The van der Waals surface area contributed by atoms with Crippen LogP contribution >= 0.6 is 0 Å². The van der Waals surface area contributed by atoms with Crippen molar-refractivity contribution in [2.75, 3.05) is 18.9 Å². The van der Waals surface area contributed by atoms with Crippen molar-refractivity contribution in [3.63, 3.8) is 0 Å². The number of nitrogen functional groups attached to an aromatic ring is 1. The second-order valence-electron chi connectivity index (χ2n) is 4.68.